The molecule has 0 saturated carbocycles. The molecule has 0 aromatic rings. The third-order valence-corrected chi connectivity index (χ3v) is 1.66. The highest BCUT2D eigenvalue weighted by molar-refractivity contribution is 5.65. The van der Waals surface area contributed by atoms with Crippen molar-refractivity contribution in [3.8, 4) is 0 Å². The largest absolute Gasteiger partial charge is 0.465 e. The number of amides is 1. The minimum absolute atomic E-state index is 0.202. The summed E-state index contributed by atoms with van der Waals surface area (Å²) in [6.45, 7) is 6.96. The van der Waals surface area contributed by atoms with Gasteiger partial charge in [-0.05, 0) is 6.42 Å². The van der Waals surface area contributed by atoms with Crippen molar-refractivity contribution in [2.45, 2.75) is 12.5 Å². The number of rotatable bonds is 6. The standard InChI is InChI=1S/C9H15NO3/c1-3-5-8(7-11)10(6-4-2)9(12)13/h3-4,8,11H,1-2,5-7H2,(H,12,13). The van der Waals surface area contributed by atoms with Gasteiger partial charge < -0.3 is 10.2 Å². The Morgan fingerprint density at radius 2 is 2.08 bits per heavy atom. The van der Waals surface area contributed by atoms with Gasteiger partial charge in [0.2, 0.25) is 0 Å². The van der Waals surface area contributed by atoms with Crippen LogP contribution in [0, 0.1) is 0 Å². The highest BCUT2D eigenvalue weighted by Gasteiger charge is 2.19. The molecule has 0 aliphatic rings. The second kappa shape index (κ2) is 6.25. The normalized spacial score (nSPS) is 11.8. The van der Waals surface area contributed by atoms with Crippen molar-refractivity contribution in [1.82, 2.24) is 4.90 Å². The first-order valence-corrected chi connectivity index (χ1v) is 3.99. The van der Waals surface area contributed by atoms with E-state index in [0.717, 1.165) is 4.90 Å². The highest BCUT2D eigenvalue weighted by Crippen LogP contribution is 2.04. The summed E-state index contributed by atoms with van der Waals surface area (Å²) in [6, 6.07) is -0.423. The molecule has 4 nitrogen and oxygen atoms in total. The summed E-state index contributed by atoms with van der Waals surface area (Å²) in [5, 5.41) is 17.7. The van der Waals surface area contributed by atoms with Crippen LogP contribution >= 0.6 is 0 Å². The van der Waals surface area contributed by atoms with Crippen LogP contribution in [0.1, 0.15) is 6.42 Å². The fourth-order valence-electron chi connectivity index (χ4n) is 1.02. The van der Waals surface area contributed by atoms with E-state index in [0.29, 0.717) is 6.42 Å². The maximum atomic E-state index is 10.7. The summed E-state index contributed by atoms with van der Waals surface area (Å²) in [6.07, 6.45) is 2.46. The van der Waals surface area contributed by atoms with E-state index >= 15 is 0 Å². The minimum Gasteiger partial charge on any atom is -0.465 e. The molecule has 0 bridgehead atoms. The molecule has 1 amide bonds. The lowest BCUT2D eigenvalue weighted by Crippen LogP contribution is -2.41. The topological polar surface area (TPSA) is 60.8 Å². The Morgan fingerprint density at radius 1 is 1.46 bits per heavy atom. The monoisotopic (exact) mass is 185 g/mol. The van der Waals surface area contributed by atoms with E-state index in [4.69, 9.17) is 10.2 Å². The molecule has 2 N–H and O–H groups in total. The van der Waals surface area contributed by atoms with Crippen LogP contribution in [0.15, 0.2) is 25.3 Å². The molecule has 13 heavy (non-hydrogen) atoms. The number of hydrogen-bond donors (Lipinski definition) is 2. The zero-order valence-corrected chi connectivity index (χ0v) is 7.52. The van der Waals surface area contributed by atoms with Crippen LogP contribution in [0.5, 0.6) is 0 Å². The lowest BCUT2D eigenvalue weighted by molar-refractivity contribution is 0.105. The van der Waals surface area contributed by atoms with Crippen molar-refractivity contribution in [2.24, 2.45) is 0 Å². The Kier molecular flexibility index (Phi) is 5.63. The van der Waals surface area contributed by atoms with Gasteiger partial charge in [0.05, 0.1) is 12.6 Å². The molecule has 0 saturated heterocycles. The zero-order chi connectivity index (χ0) is 10.3. The first kappa shape index (κ1) is 11.7. The van der Waals surface area contributed by atoms with Crippen LogP contribution in [0.4, 0.5) is 4.79 Å². The van der Waals surface area contributed by atoms with Crippen LogP contribution in [-0.2, 0) is 0 Å². The summed E-state index contributed by atoms with van der Waals surface area (Å²) in [5.41, 5.74) is 0. The van der Waals surface area contributed by atoms with Gasteiger partial charge in [0.25, 0.3) is 0 Å². The predicted molar refractivity (Wildman–Crippen MR) is 50.6 cm³/mol. The molecule has 0 rings (SSSR count). The Balaban J connectivity index is 4.36. The van der Waals surface area contributed by atoms with Crippen LogP contribution in [0.25, 0.3) is 0 Å². The lowest BCUT2D eigenvalue weighted by atomic mass is 10.2. The van der Waals surface area contributed by atoms with Crippen molar-refractivity contribution in [3.05, 3.63) is 25.3 Å². The van der Waals surface area contributed by atoms with Crippen LogP contribution < -0.4 is 0 Å². The number of carbonyl (C=O) groups is 1. The third-order valence-electron chi connectivity index (χ3n) is 1.66. The summed E-state index contributed by atoms with van der Waals surface area (Å²) >= 11 is 0. The zero-order valence-electron chi connectivity index (χ0n) is 7.52. The van der Waals surface area contributed by atoms with Crippen molar-refractivity contribution >= 4 is 6.09 Å². The average molecular weight is 185 g/mol. The number of hydrogen-bond acceptors (Lipinski definition) is 2. The third kappa shape index (κ3) is 3.75. The number of aliphatic hydroxyl groups is 1. The predicted octanol–water partition coefficient (Wildman–Crippen LogP) is 1.09. The molecule has 0 aliphatic carbocycles. The van der Waals surface area contributed by atoms with E-state index in [1.807, 2.05) is 0 Å². The van der Waals surface area contributed by atoms with Gasteiger partial charge in [0.1, 0.15) is 0 Å². The Labute approximate surface area is 77.8 Å². The van der Waals surface area contributed by atoms with Gasteiger partial charge in [0, 0.05) is 6.54 Å². The Morgan fingerprint density at radius 3 is 2.38 bits per heavy atom. The van der Waals surface area contributed by atoms with Gasteiger partial charge in [-0.2, -0.15) is 0 Å². The van der Waals surface area contributed by atoms with E-state index in [1.165, 1.54) is 6.08 Å². The molecule has 74 valence electrons. The highest BCUT2D eigenvalue weighted by atomic mass is 16.4. The van der Waals surface area contributed by atoms with Crippen molar-refractivity contribution in [2.75, 3.05) is 13.2 Å². The molecule has 0 radical (unpaired) electrons. The van der Waals surface area contributed by atoms with E-state index in [2.05, 4.69) is 13.2 Å². The lowest BCUT2D eigenvalue weighted by Gasteiger charge is -2.25. The summed E-state index contributed by atoms with van der Waals surface area (Å²) in [5.74, 6) is 0. The molecule has 0 aromatic carbocycles. The SMILES string of the molecule is C=CCC(CO)N(CC=C)C(=O)O. The molecule has 0 heterocycles. The van der Waals surface area contributed by atoms with Crippen molar-refractivity contribution < 1.29 is 15.0 Å². The smallest absolute Gasteiger partial charge is 0.407 e. The second-order valence-corrected chi connectivity index (χ2v) is 2.58. The molecular weight excluding hydrogens is 170 g/mol. The summed E-state index contributed by atoms with van der Waals surface area (Å²) in [7, 11) is 0. The van der Waals surface area contributed by atoms with Crippen LogP contribution in [0.2, 0.25) is 0 Å². The fourth-order valence-corrected chi connectivity index (χ4v) is 1.02. The average Bonchev–Trinajstić information content (AvgIpc) is 2.10. The molecule has 0 spiro atoms. The molecular formula is C9H15NO3. The Bertz CT molecular complexity index is 191. The van der Waals surface area contributed by atoms with Gasteiger partial charge in [0.15, 0.2) is 0 Å². The van der Waals surface area contributed by atoms with Crippen LogP contribution in [-0.4, -0.2) is 40.4 Å². The van der Waals surface area contributed by atoms with Gasteiger partial charge in [-0.1, -0.05) is 12.2 Å². The fraction of sp³-hybridized carbons (Fsp3) is 0.444. The quantitative estimate of drug-likeness (QED) is 0.609. The Hall–Kier alpha value is -1.29. The summed E-state index contributed by atoms with van der Waals surface area (Å²) in [4.78, 5) is 11.8. The van der Waals surface area contributed by atoms with Gasteiger partial charge >= 0.3 is 6.09 Å². The molecule has 0 fully saturated rings. The second-order valence-electron chi connectivity index (χ2n) is 2.58. The maximum absolute atomic E-state index is 10.7. The van der Waals surface area contributed by atoms with Gasteiger partial charge in [-0.3, -0.25) is 4.90 Å². The number of nitrogens with zero attached hydrogens (tertiary/aromatic N) is 1. The van der Waals surface area contributed by atoms with E-state index in [9.17, 15) is 4.79 Å². The molecule has 4 heteroatoms. The van der Waals surface area contributed by atoms with Gasteiger partial charge in [-0.15, -0.1) is 13.2 Å². The van der Waals surface area contributed by atoms with E-state index in [1.54, 1.807) is 6.08 Å². The molecule has 1 unspecified atom stereocenters. The van der Waals surface area contributed by atoms with E-state index < -0.39 is 12.1 Å². The maximum Gasteiger partial charge on any atom is 0.407 e. The minimum atomic E-state index is -1.05. The van der Waals surface area contributed by atoms with Crippen LogP contribution in [0.3, 0.4) is 0 Å². The van der Waals surface area contributed by atoms with E-state index in [-0.39, 0.29) is 13.2 Å². The van der Waals surface area contributed by atoms with Crippen molar-refractivity contribution in [1.29, 1.82) is 0 Å². The summed E-state index contributed by atoms with van der Waals surface area (Å²) < 4.78 is 0. The number of carboxylic acid groups (broad SMARTS) is 1. The molecule has 0 aliphatic heterocycles. The number of aliphatic hydroxyl groups excluding tert-OH is 1. The van der Waals surface area contributed by atoms with Crippen molar-refractivity contribution in [3.63, 3.8) is 0 Å². The molecule has 1 atom stereocenters. The van der Waals surface area contributed by atoms with Gasteiger partial charge in [-0.25, -0.2) is 4.79 Å². The molecule has 0 aromatic heterocycles. The first-order chi connectivity index (χ1) is 6.17. The first-order valence-electron chi connectivity index (χ1n) is 3.99.